The fraction of sp³-hybridized carbons (Fsp3) is 0.133. The molecule has 2 aromatic heterocycles. The van der Waals surface area contributed by atoms with Crippen LogP contribution in [0.2, 0.25) is 5.02 Å². The number of hydrogen-bond donors (Lipinski definition) is 2. The van der Waals surface area contributed by atoms with E-state index in [1.807, 2.05) is 17.5 Å². The van der Waals surface area contributed by atoms with Crippen LogP contribution in [-0.4, -0.2) is 26.8 Å². The van der Waals surface area contributed by atoms with Crippen molar-refractivity contribution in [2.75, 3.05) is 11.1 Å². The first kappa shape index (κ1) is 18.7. The molecule has 1 amide bonds. The van der Waals surface area contributed by atoms with Crippen molar-refractivity contribution in [2.24, 2.45) is 0 Å². The minimum absolute atomic E-state index is 0.0224. The lowest BCUT2D eigenvalue weighted by Crippen LogP contribution is -2.15. The molecular weight excluding hydrogens is 409 g/mol. The average molecular weight is 419 g/mol. The van der Waals surface area contributed by atoms with Crippen LogP contribution in [0, 0.1) is 0 Å². The molecule has 11 heteroatoms. The van der Waals surface area contributed by atoms with Crippen LogP contribution in [-0.2, 0) is 11.0 Å². The first-order valence-electron chi connectivity index (χ1n) is 7.08. The molecule has 1 aromatic carbocycles. The molecule has 0 fully saturated rings. The van der Waals surface area contributed by atoms with Crippen LogP contribution >= 0.6 is 34.7 Å². The summed E-state index contributed by atoms with van der Waals surface area (Å²) in [5.41, 5.74) is -0.985. The summed E-state index contributed by atoms with van der Waals surface area (Å²) < 4.78 is 38.2. The maximum absolute atomic E-state index is 12.7. The van der Waals surface area contributed by atoms with Crippen LogP contribution in [0.1, 0.15) is 5.56 Å². The van der Waals surface area contributed by atoms with Crippen molar-refractivity contribution >= 4 is 46.3 Å². The molecule has 136 valence electrons. The summed E-state index contributed by atoms with van der Waals surface area (Å²) in [4.78, 5) is 17.2. The Bertz CT molecular complexity index is 912. The van der Waals surface area contributed by atoms with Gasteiger partial charge in [0.25, 0.3) is 0 Å². The average Bonchev–Trinajstić information content (AvgIpc) is 3.25. The zero-order chi connectivity index (χ0) is 18.7. The number of benzene rings is 1. The lowest BCUT2D eigenvalue weighted by Gasteiger charge is -2.11. The third-order valence-corrected chi connectivity index (χ3v) is 5.17. The van der Waals surface area contributed by atoms with Gasteiger partial charge >= 0.3 is 6.18 Å². The summed E-state index contributed by atoms with van der Waals surface area (Å²) in [5, 5.41) is 11.4. The van der Waals surface area contributed by atoms with Gasteiger partial charge in [-0.15, -0.1) is 16.4 Å². The van der Waals surface area contributed by atoms with E-state index in [4.69, 9.17) is 11.6 Å². The topological polar surface area (TPSA) is 70.7 Å². The second kappa shape index (κ2) is 7.68. The van der Waals surface area contributed by atoms with Gasteiger partial charge in [-0.2, -0.15) is 13.2 Å². The van der Waals surface area contributed by atoms with Crippen molar-refractivity contribution in [1.29, 1.82) is 0 Å². The van der Waals surface area contributed by atoms with Gasteiger partial charge in [-0.25, -0.2) is 4.98 Å². The summed E-state index contributed by atoms with van der Waals surface area (Å²) in [6, 6.07) is 6.50. The third-order valence-electron chi connectivity index (χ3n) is 3.12. The maximum atomic E-state index is 12.7. The Balaban J connectivity index is 1.61. The van der Waals surface area contributed by atoms with Gasteiger partial charge in [-0.1, -0.05) is 29.4 Å². The van der Waals surface area contributed by atoms with Crippen molar-refractivity contribution in [3.05, 3.63) is 46.3 Å². The smallest absolute Gasteiger partial charge is 0.324 e. The lowest BCUT2D eigenvalue weighted by atomic mass is 10.2. The Morgan fingerprint density at radius 2 is 2.15 bits per heavy atom. The number of nitrogens with one attached hydrogen (secondary N) is 2. The van der Waals surface area contributed by atoms with Gasteiger partial charge in [-0.3, -0.25) is 9.89 Å². The molecule has 26 heavy (non-hydrogen) atoms. The number of H-pyrrole nitrogens is 1. The molecule has 3 rings (SSSR count). The van der Waals surface area contributed by atoms with Gasteiger partial charge in [0.1, 0.15) is 0 Å². The van der Waals surface area contributed by atoms with Gasteiger partial charge in [-0.05, 0) is 29.6 Å². The van der Waals surface area contributed by atoms with Gasteiger partial charge in [0.2, 0.25) is 11.1 Å². The number of hydrogen-bond acceptors (Lipinski definition) is 5. The molecule has 0 aliphatic rings. The molecule has 0 atom stereocenters. The maximum Gasteiger partial charge on any atom is 0.416 e. The summed E-state index contributed by atoms with van der Waals surface area (Å²) in [7, 11) is 0. The number of carbonyl (C=O) groups is 1. The van der Waals surface area contributed by atoms with Crippen molar-refractivity contribution in [2.45, 2.75) is 11.3 Å². The number of amides is 1. The molecule has 0 unspecified atom stereocenters. The zero-order valence-electron chi connectivity index (χ0n) is 12.8. The minimum Gasteiger partial charge on any atom is -0.324 e. The predicted octanol–water partition coefficient (Wildman–Crippen LogP) is 4.94. The second-order valence-electron chi connectivity index (χ2n) is 4.97. The Morgan fingerprint density at radius 3 is 2.85 bits per heavy atom. The van der Waals surface area contributed by atoms with Crippen LogP contribution in [0.5, 0.6) is 0 Å². The highest BCUT2D eigenvalue weighted by Gasteiger charge is 2.31. The van der Waals surface area contributed by atoms with E-state index in [1.54, 1.807) is 0 Å². The number of carbonyl (C=O) groups excluding carboxylic acids is 1. The van der Waals surface area contributed by atoms with E-state index in [1.165, 1.54) is 11.3 Å². The first-order chi connectivity index (χ1) is 12.3. The van der Waals surface area contributed by atoms with E-state index in [2.05, 4.69) is 20.5 Å². The van der Waals surface area contributed by atoms with Gasteiger partial charge in [0, 0.05) is 0 Å². The van der Waals surface area contributed by atoms with Crippen molar-refractivity contribution < 1.29 is 18.0 Å². The van der Waals surface area contributed by atoms with Gasteiger partial charge in [0.15, 0.2) is 5.82 Å². The summed E-state index contributed by atoms with van der Waals surface area (Å²) in [6.45, 7) is 0. The number of aromatic nitrogens is 3. The lowest BCUT2D eigenvalue weighted by molar-refractivity contribution is -0.137. The van der Waals surface area contributed by atoms with E-state index in [0.717, 1.165) is 34.8 Å². The van der Waals surface area contributed by atoms with Gasteiger partial charge < -0.3 is 5.32 Å². The Kier molecular flexibility index (Phi) is 5.54. The van der Waals surface area contributed by atoms with Crippen LogP contribution in [0.15, 0.2) is 40.9 Å². The fourth-order valence-electron chi connectivity index (χ4n) is 1.95. The van der Waals surface area contributed by atoms with Crippen molar-refractivity contribution in [3.8, 4) is 10.7 Å². The standard InChI is InChI=1S/C15H10ClF3N4OS2/c16-9-4-3-8(15(17,18)19)6-10(9)20-12(24)7-26-14-21-13(22-23-14)11-2-1-5-25-11/h1-6H,7H2,(H,20,24)(H,21,22,23). The number of anilines is 1. The normalized spacial score (nSPS) is 11.5. The van der Waals surface area contributed by atoms with Crippen LogP contribution in [0.4, 0.5) is 18.9 Å². The molecule has 0 radical (unpaired) electrons. The summed E-state index contributed by atoms with van der Waals surface area (Å²) in [6.07, 6.45) is -4.52. The van der Waals surface area contributed by atoms with E-state index in [9.17, 15) is 18.0 Å². The monoisotopic (exact) mass is 418 g/mol. The van der Waals surface area contributed by atoms with E-state index >= 15 is 0 Å². The van der Waals surface area contributed by atoms with E-state index in [-0.39, 0.29) is 16.5 Å². The van der Waals surface area contributed by atoms with Crippen LogP contribution in [0.3, 0.4) is 0 Å². The number of rotatable bonds is 5. The summed E-state index contributed by atoms with van der Waals surface area (Å²) >= 11 is 8.40. The van der Waals surface area contributed by atoms with Gasteiger partial charge in [0.05, 0.1) is 26.9 Å². The second-order valence-corrected chi connectivity index (χ2v) is 7.27. The van der Waals surface area contributed by atoms with E-state index < -0.39 is 17.6 Å². The Morgan fingerprint density at radius 1 is 1.35 bits per heavy atom. The number of thiophene rings is 1. The largest absolute Gasteiger partial charge is 0.416 e. The molecule has 0 bridgehead atoms. The molecule has 5 nitrogen and oxygen atoms in total. The molecule has 2 N–H and O–H groups in total. The first-order valence-corrected chi connectivity index (χ1v) is 9.33. The number of thioether (sulfide) groups is 1. The molecule has 0 spiro atoms. The number of aromatic amines is 1. The molecule has 3 aromatic rings. The fourth-order valence-corrected chi connectivity index (χ4v) is 3.38. The quantitative estimate of drug-likeness (QED) is 0.576. The predicted molar refractivity (Wildman–Crippen MR) is 95.5 cm³/mol. The number of alkyl halides is 3. The summed E-state index contributed by atoms with van der Waals surface area (Å²) in [5.74, 6) is -0.00330. The molecular formula is C15H10ClF3N4OS2. The minimum atomic E-state index is -4.52. The number of halogens is 4. The third kappa shape index (κ3) is 4.57. The Hall–Kier alpha value is -2.04. The van der Waals surface area contributed by atoms with Crippen LogP contribution < -0.4 is 5.32 Å². The Labute approximate surface area is 159 Å². The van der Waals surface area contributed by atoms with Crippen LogP contribution in [0.25, 0.3) is 10.7 Å². The highest BCUT2D eigenvalue weighted by atomic mass is 35.5. The zero-order valence-corrected chi connectivity index (χ0v) is 15.2. The molecule has 0 aliphatic carbocycles. The molecule has 0 aliphatic heterocycles. The number of nitrogens with zero attached hydrogens (tertiary/aromatic N) is 2. The molecule has 0 saturated carbocycles. The molecule has 2 heterocycles. The van der Waals surface area contributed by atoms with Crippen molar-refractivity contribution in [3.63, 3.8) is 0 Å². The van der Waals surface area contributed by atoms with E-state index in [0.29, 0.717) is 11.0 Å². The highest BCUT2D eigenvalue weighted by molar-refractivity contribution is 7.99. The highest BCUT2D eigenvalue weighted by Crippen LogP contribution is 2.34. The van der Waals surface area contributed by atoms with Crippen molar-refractivity contribution in [1.82, 2.24) is 15.2 Å². The SMILES string of the molecule is O=C(CSc1n[nH]c(-c2cccs2)n1)Nc1cc(C(F)(F)F)ccc1Cl. The molecule has 0 saturated heterocycles.